The molecule has 78 valence electrons. The van der Waals surface area contributed by atoms with E-state index in [-0.39, 0.29) is 0 Å². The summed E-state index contributed by atoms with van der Waals surface area (Å²) in [5.74, 6) is 0. The molecule has 0 radical (unpaired) electrons. The summed E-state index contributed by atoms with van der Waals surface area (Å²) in [4.78, 5) is 4.04. The second-order valence-corrected chi connectivity index (χ2v) is 3.55. The molecule has 0 fully saturated rings. The Morgan fingerprint density at radius 3 is 2.79 bits per heavy atom. The van der Waals surface area contributed by atoms with Crippen LogP contribution in [0.25, 0.3) is 0 Å². The highest BCUT2D eigenvalue weighted by molar-refractivity contribution is 5.51. The van der Waals surface area contributed by atoms with Gasteiger partial charge >= 0.3 is 0 Å². The minimum Gasteiger partial charge on any atom is -0.397 e. The first kappa shape index (κ1) is 10.8. The third-order valence-corrected chi connectivity index (χ3v) is 2.26. The molecule has 1 aromatic heterocycles. The van der Waals surface area contributed by atoms with Crippen LogP contribution >= 0.6 is 0 Å². The van der Waals surface area contributed by atoms with Crippen LogP contribution < -0.4 is 11.1 Å². The van der Waals surface area contributed by atoms with Gasteiger partial charge in [0, 0.05) is 12.2 Å². The average Bonchev–Trinajstić information content (AvgIpc) is 2.17. The van der Waals surface area contributed by atoms with E-state index in [2.05, 4.69) is 24.1 Å². The molecule has 1 rings (SSSR count). The zero-order valence-corrected chi connectivity index (χ0v) is 8.96. The summed E-state index contributed by atoms with van der Waals surface area (Å²) in [7, 11) is 0. The van der Waals surface area contributed by atoms with Crippen LogP contribution in [-0.2, 0) is 0 Å². The van der Waals surface area contributed by atoms with Crippen molar-refractivity contribution in [3.63, 3.8) is 0 Å². The molecule has 0 aliphatic carbocycles. The second-order valence-electron chi connectivity index (χ2n) is 3.55. The molecular formula is C11H19N3. The quantitative estimate of drug-likeness (QED) is 0.755. The third kappa shape index (κ3) is 3.24. The zero-order valence-electron chi connectivity index (χ0n) is 8.96. The van der Waals surface area contributed by atoms with Crippen molar-refractivity contribution in [2.45, 2.75) is 39.2 Å². The van der Waals surface area contributed by atoms with E-state index < -0.39 is 0 Å². The van der Waals surface area contributed by atoms with Crippen LogP contribution in [0.2, 0.25) is 0 Å². The largest absolute Gasteiger partial charge is 0.397 e. The molecule has 0 spiro atoms. The smallest absolute Gasteiger partial charge is 0.0549 e. The second kappa shape index (κ2) is 5.47. The Morgan fingerprint density at radius 2 is 2.21 bits per heavy atom. The van der Waals surface area contributed by atoms with Gasteiger partial charge in [-0.1, -0.05) is 20.3 Å². The molecule has 0 saturated carbocycles. The number of rotatable bonds is 5. The number of nitrogens with one attached hydrogen (secondary N) is 1. The highest BCUT2D eigenvalue weighted by atomic mass is 14.9. The van der Waals surface area contributed by atoms with Crippen molar-refractivity contribution in [3.8, 4) is 0 Å². The van der Waals surface area contributed by atoms with Gasteiger partial charge < -0.3 is 11.1 Å². The summed E-state index contributed by atoms with van der Waals surface area (Å²) < 4.78 is 0. The van der Waals surface area contributed by atoms with E-state index in [1.807, 2.05) is 12.3 Å². The van der Waals surface area contributed by atoms with Gasteiger partial charge in [0.15, 0.2) is 0 Å². The summed E-state index contributed by atoms with van der Waals surface area (Å²) in [6.45, 7) is 4.38. The summed E-state index contributed by atoms with van der Waals surface area (Å²) >= 11 is 0. The molecule has 0 aromatic carbocycles. The van der Waals surface area contributed by atoms with Gasteiger partial charge in [-0.3, -0.25) is 4.98 Å². The summed E-state index contributed by atoms with van der Waals surface area (Å²) in [5, 5.41) is 3.43. The van der Waals surface area contributed by atoms with Gasteiger partial charge in [-0.15, -0.1) is 0 Å². The minimum atomic E-state index is 0.531. The third-order valence-electron chi connectivity index (χ3n) is 2.26. The monoisotopic (exact) mass is 193 g/mol. The van der Waals surface area contributed by atoms with Crippen molar-refractivity contribution in [3.05, 3.63) is 18.5 Å². The molecule has 1 heterocycles. The van der Waals surface area contributed by atoms with Crippen molar-refractivity contribution in [2.24, 2.45) is 0 Å². The molecule has 3 N–H and O–H groups in total. The molecule has 0 saturated heterocycles. The van der Waals surface area contributed by atoms with Crippen molar-refractivity contribution in [2.75, 3.05) is 11.1 Å². The average molecular weight is 193 g/mol. The van der Waals surface area contributed by atoms with Gasteiger partial charge in [0.1, 0.15) is 0 Å². The van der Waals surface area contributed by atoms with Crippen LogP contribution in [0.1, 0.15) is 33.1 Å². The van der Waals surface area contributed by atoms with Crippen molar-refractivity contribution in [1.29, 1.82) is 0 Å². The standard InChI is InChI=1S/C11H19N3/c1-3-5-10(4-2)14-11-6-9(12)7-13-8-11/h6-8,10,14H,3-5,12H2,1-2H3. The summed E-state index contributed by atoms with van der Waals surface area (Å²) in [5.41, 5.74) is 7.38. The first-order valence-electron chi connectivity index (χ1n) is 5.23. The Labute approximate surface area is 85.7 Å². The van der Waals surface area contributed by atoms with E-state index in [0.717, 1.165) is 12.1 Å². The molecular weight excluding hydrogens is 174 g/mol. The Kier molecular flexibility index (Phi) is 4.23. The lowest BCUT2D eigenvalue weighted by molar-refractivity contribution is 0.622. The number of aromatic nitrogens is 1. The lowest BCUT2D eigenvalue weighted by Gasteiger charge is -2.17. The molecule has 0 bridgehead atoms. The molecule has 3 heteroatoms. The predicted octanol–water partition coefficient (Wildman–Crippen LogP) is 2.65. The number of pyridine rings is 1. The lowest BCUT2D eigenvalue weighted by Crippen LogP contribution is -2.18. The van der Waals surface area contributed by atoms with Gasteiger partial charge in [-0.2, -0.15) is 0 Å². The number of nitrogen functional groups attached to an aromatic ring is 1. The van der Waals surface area contributed by atoms with E-state index in [0.29, 0.717) is 11.7 Å². The molecule has 1 unspecified atom stereocenters. The van der Waals surface area contributed by atoms with E-state index in [1.165, 1.54) is 12.8 Å². The number of nitrogens with zero attached hydrogens (tertiary/aromatic N) is 1. The molecule has 0 aliphatic rings. The van der Waals surface area contributed by atoms with E-state index >= 15 is 0 Å². The fourth-order valence-electron chi connectivity index (χ4n) is 1.50. The molecule has 1 atom stereocenters. The maximum Gasteiger partial charge on any atom is 0.0549 e. The normalized spacial score (nSPS) is 12.4. The summed E-state index contributed by atoms with van der Waals surface area (Å²) in [6, 6.07) is 2.45. The summed E-state index contributed by atoms with van der Waals surface area (Å²) in [6.07, 6.45) is 6.98. The number of anilines is 2. The number of hydrogen-bond acceptors (Lipinski definition) is 3. The van der Waals surface area contributed by atoms with Crippen molar-refractivity contribution < 1.29 is 0 Å². The highest BCUT2D eigenvalue weighted by Gasteiger charge is 2.04. The first-order chi connectivity index (χ1) is 6.76. The van der Waals surface area contributed by atoms with Gasteiger partial charge in [0.2, 0.25) is 0 Å². The first-order valence-corrected chi connectivity index (χ1v) is 5.23. The van der Waals surface area contributed by atoms with Gasteiger partial charge in [-0.25, -0.2) is 0 Å². The Morgan fingerprint density at radius 1 is 1.43 bits per heavy atom. The van der Waals surface area contributed by atoms with E-state index in [1.54, 1.807) is 6.20 Å². The van der Waals surface area contributed by atoms with Crippen LogP contribution in [0.3, 0.4) is 0 Å². The van der Waals surface area contributed by atoms with Crippen molar-refractivity contribution >= 4 is 11.4 Å². The fraction of sp³-hybridized carbons (Fsp3) is 0.545. The van der Waals surface area contributed by atoms with Crippen LogP contribution in [0, 0.1) is 0 Å². The van der Waals surface area contributed by atoms with Crippen LogP contribution in [-0.4, -0.2) is 11.0 Å². The molecule has 0 amide bonds. The molecule has 14 heavy (non-hydrogen) atoms. The van der Waals surface area contributed by atoms with Gasteiger partial charge in [-0.05, 0) is 18.9 Å². The SMILES string of the molecule is CCCC(CC)Nc1cncc(N)c1. The molecule has 0 aliphatic heterocycles. The predicted molar refractivity (Wildman–Crippen MR) is 61.3 cm³/mol. The molecule has 1 aromatic rings. The Hall–Kier alpha value is -1.25. The fourth-order valence-corrected chi connectivity index (χ4v) is 1.50. The van der Waals surface area contributed by atoms with Gasteiger partial charge in [0.05, 0.1) is 17.6 Å². The van der Waals surface area contributed by atoms with E-state index in [9.17, 15) is 0 Å². The minimum absolute atomic E-state index is 0.531. The Bertz CT molecular complexity index is 273. The zero-order chi connectivity index (χ0) is 10.4. The van der Waals surface area contributed by atoms with Gasteiger partial charge in [0.25, 0.3) is 0 Å². The lowest BCUT2D eigenvalue weighted by atomic mass is 10.1. The number of hydrogen-bond donors (Lipinski definition) is 2. The van der Waals surface area contributed by atoms with Crippen LogP contribution in [0.5, 0.6) is 0 Å². The van der Waals surface area contributed by atoms with Crippen LogP contribution in [0.4, 0.5) is 11.4 Å². The topological polar surface area (TPSA) is 50.9 Å². The number of nitrogens with two attached hydrogens (primary N) is 1. The van der Waals surface area contributed by atoms with Crippen molar-refractivity contribution in [1.82, 2.24) is 4.98 Å². The molecule has 3 nitrogen and oxygen atoms in total. The highest BCUT2D eigenvalue weighted by Crippen LogP contribution is 2.14. The maximum absolute atomic E-state index is 5.65. The van der Waals surface area contributed by atoms with Crippen LogP contribution in [0.15, 0.2) is 18.5 Å². The van der Waals surface area contributed by atoms with E-state index in [4.69, 9.17) is 5.73 Å². The Balaban J connectivity index is 2.57. The maximum atomic E-state index is 5.65.